The van der Waals surface area contributed by atoms with Crippen LogP contribution in [-0.4, -0.2) is 0 Å². The van der Waals surface area contributed by atoms with Gasteiger partial charge in [0.15, 0.2) is 0 Å². The molecule has 0 aromatic heterocycles. The number of hydrogen-bond acceptors (Lipinski definition) is 1. The molecule has 0 atom stereocenters. The molecule has 1 nitrogen and oxygen atoms in total. The molecular weight excluding hydrogens is 398 g/mol. The Kier molecular flexibility index (Phi) is 4.86. The monoisotopic (exact) mass is 421 g/mol. The van der Waals surface area contributed by atoms with Gasteiger partial charge in [0.05, 0.1) is 0 Å². The molecule has 0 aliphatic rings. The van der Waals surface area contributed by atoms with E-state index in [-0.39, 0.29) is 0 Å². The predicted molar refractivity (Wildman–Crippen MR) is 142 cm³/mol. The van der Waals surface area contributed by atoms with Crippen molar-refractivity contribution in [2.45, 2.75) is 0 Å². The lowest BCUT2D eigenvalue weighted by Crippen LogP contribution is -1.91. The molecule has 0 radical (unpaired) electrons. The van der Waals surface area contributed by atoms with Crippen molar-refractivity contribution in [2.24, 2.45) is 0 Å². The molecule has 6 rings (SSSR count). The van der Waals surface area contributed by atoms with Crippen LogP contribution < -0.4 is 5.32 Å². The maximum atomic E-state index is 3.47. The van der Waals surface area contributed by atoms with E-state index in [1.807, 2.05) is 18.2 Å². The van der Waals surface area contributed by atoms with Crippen molar-refractivity contribution in [3.63, 3.8) is 0 Å². The number of benzene rings is 6. The topological polar surface area (TPSA) is 12.0 Å². The van der Waals surface area contributed by atoms with E-state index in [2.05, 4.69) is 121 Å². The highest BCUT2D eigenvalue weighted by Gasteiger charge is 2.12. The molecule has 0 unspecified atom stereocenters. The van der Waals surface area contributed by atoms with Crippen LogP contribution in [0.25, 0.3) is 43.8 Å². The molecule has 0 spiro atoms. The first-order valence-electron chi connectivity index (χ1n) is 11.3. The van der Waals surface area contributed by atoms with Crippen LogP contribution in [0.1, 0.15) is 0 Å². The minimum Gasteiger partial charge on any atom is -0.356 e. The standard InChI is InChI=1S/C32H23N/c1-2-11-25(12-3-1)33-26-20-18-23(19-21-26)27-13-6-7-16-30(27)32-22-24-10-4-5-14-28(24)29-15-8-9-17-31(29)32/h1-22,33H. The van der Waals surface area contributed by atoms with Gasteiger partial charge in [0.25, 0.3) is 0 Å². The number of para-hydroxylation sites is 1. The van der Waals surface area contributed by atoms with Gasteiger partial charge in [0, 0.05) is 11.4 Å². The second-order valence-electron chi connectivity index (χ2n) is 8.30. The van der Waals surface area contributed by atoms with Crippen LogP contribution in [0, 0.1) is 0 Å². The molecule has 1 heteroatoms. The SMILES string of the molecule is c1ccc(Nc2ccc(-c3ccccc3-c3cc4ccccc4c4ccccc34)cc2)cc1. The summed E-state index contributed by atoms with van der Waals surface area (Å²) in [5, 5.41) is 8.61. The second-order valence-corrected chi connectivity index (χ2v) is 8.30. The number of nitrogens with one attached hydrogen (secondary N) is 1. The molecule has 0 aliphatic carbocycles. The van der Waals surface area contributed by atoms with Crippen LogP contribution in [0.3, 0.4) is 0 Å². The van der Waals surface area contributed by atoms with E-state index in [1.54, 1.807) is 0 Å². The van der Waals surface area contributed by atoms with Gasteiger partial charge < -0.3 is 5.32 Å². The maximum Gasteiger partial charge on any atom is 0.0384 e. The number of hydrogen-bond donors (Lipinski definition) is 1. The summed E-state index contributed by atoms with van der Waals surface area (Å²) >= 11 is 0. The molecule has 0 fully saturated rings. The third-order valence-corrected chi connectivity index (χ3v) is 6.24. The molecule has 0 aliphatic heterocycles. The highest BCUT2D eigenvalue weighted by molar-refractivity contribution is 6.14. The van der Waals surface area contributed by atoms with Gasteiger partial charge in [-0.05, 0) is 74.1 Å². The summed E-state index contributed by atoms with van der Waals surface area (Å²) < 4.78 is 0. The van der Waals surface area contributed by atoms with E-state index in [9.17, 15) is 0 Å². The fourth-order valence-electron chi connectivity index (χ4n) is 4.67. The Labute approximate surface area is 194 Å². The molecule has 6 aromatic carbocycles. The van der Waals surface area contributed by atoms with E-state index >= 15 is 0 Å². The largest absolute Gasteiger partial charge is 0.356 e. The minimum absolute atomic E-state index is 1.08. The lowest BCUT2D eigenvalue weighted by atomic mass is 9.89. The van der Waals surface area contributed by atoms with E-state index < -0.39 is 0 Å². The van der Waals surface area contributed by atoms with E-state index in [1.165, 1.54) is 43.8 Å². The zero-order chi connectivity index (χ0) is 22.0. The van der Waals surface area contributed by atoms with E-state index in [4.69, 9.17) is 0 Å². The van der Waals surface area contributed by atoms with Gasteiger partial charge in [-0.1, -0.05) is 103 Å². The molecule has 6 aromatic rings. The van der Waals surface area contributed by atoms with Gasteiger partial charge in [-0.2, -0.15) is 0 Å². The van der Waals surface area contributed by atoms with Crippen molar-refractivity contribution in [3.8, 4) is 22.3 Å². The number of fused-ring (bicyclic) bond motifs is 3. The molecule has 156 valence electrons. The van der Waals surface area contributed by atoms with Gasteiger partial charge in [-0.15, -0.1) is 0 Å². The van der Waals surface area contributed by atoms with Crippen molar-refractivity contribution in [3.05, 3.63) is 133 Å². The quantitative estimate of drug-likeness (QED) is 0.280. The molecule has 0 heterocycles. The minimum atomic E-state index is 1.08. The van der Waals surface area contributed by atoms with Crippen molar-refractivity contribution in [1.29, 1.82) is 0 Å². The summed E-state index contributed by atoms with van der Waals surface area (Å²) in [5.74, 6) is 0. The Hall–Kier alpha value is -4.36. The van der Waals surface area contributed by atoms with Crippen LogP contribution in [0.5, 0.6) is 0 Å². The van der Waals surface area contributed by atoms with Crippen LogP contribution >= 0.6 is 0 Å². The van der Waals surface area contributed by atoms with Crippen LogP contribution in [0.4, 0.5) is 11.4 Å². The summed E-state index contributed by atoms with van der Waals surface area (Å²) in [6.07, 6.45) is 0. The molecular formula is C32H23N. The first kappa shape index (κ1) is 19.3. The molecule has 33 heavy (non-hydrogen) atoms. The lowest BCUT2D eigenvalue weighted by molar-refractivity contribution is 1.54. The molecule has 0 bridgehead atoms. The van der Waals surface area contributed by atoms with Gasteiger partial charge >= 0.3 is 0 Å². The molecule has 0 saturated heterocycles. The Bertz CT molecular complexity index is 1560. The Morgan fingerprint density at radius 2 is 0.939 bits per heavy atom. The summed E-state index contributed by atoms with van der Waals surface area (Å²) in [6.45, 7) is 0. The Morgan fingerprint density at radius 3 is 1.73 bits per heavy atom. The fourth-order valence-corrected chi connectivity index (χ4v) is 4.67. The maximum absolute atomic E-state index is 3.47. The molecule has 1 N–H and O–H groups in total. The number of rotatable bonds is 4. The highest BCUT2D eigenvalue weighted by Crippen LogP contribution is 2.39. The van der Waals surface area contributed by atoms with Crippen molar-refractivity contribution in [2.75, 3.05) is 5.32 Å². The van der Waals surface area contributed by atoms with Crippen LogP contribution in [-0.2, 0) is 0 Å². The normalized spacial score (nSPS) is 11.0. The first-order valence-corrected chi connectivity index (χ1v) is 11.3. The zero-order valence-corrected chi connectivity index (χ0v) is 18.2. The van der Waals surface area contributed by atoms with Crippen LogP contribution in [0.15, 0.2) is 133 Å². The van der Waals surface area contributed by atoms with Gasteiger partial charge in [0.2, 0.25) is 0 Å². The Balaban J connectivity index is 1.47. The smallest absolute Gasteiger partial charge is 0.0384 e. The predicted octanol–water partition coefficient (Wildman–Crippen LogP) is 9.07. The zero-order valence-electron chi connectivity index (χ0n) is 18.2. The summed E-state index contributed by atoms with van der Waals surface area (Å²) in [5.41, 5.74) is 7.15. The second kappa shape index (κ2) is 8.29. The van der Waals surface area contributed by atoms with Gasteiger partial charge in [-0.25, -0.2) is 0 Å². The van der Waals surface area contributed by atoms with E-state index in [0.717, 1.165) is 11.4 Å². The average Bonchev–Trinajstić information content (AvgIpc) is 2.89. The van der Waals surface area contributed by atoms with Crippen molar-refractivity contribution < 1.29 is 0 Å². The molecule has 0 saturated carbocycles. The lowest BCUT2D eigenvalue weighted by Gasteiger charge is -2.15. The average molecular weight is 422 g/mol. The first-order chi connectivity index (χ1) is 16.4. The summed E-state index contributed by atoms with van der Waals surface area (Å²) in [6, 6.07) is 47.4. The molecule has 0 amide bonds. The van der Waals surface area contributed by atoms with Gasteiger partial charge in [-0.3, -0.25) is 0 Å². The summed E-state index contributed by atoms with van der Waals surface area (Å²) in [7, 11) is 0. The fraction of sp³-hybridized carbons (Fsp3) is 0. The summed E-state index contributed by atoms with van der Waals surface area (Å²) in [4.78, 5) is 0. The number of anilines is 2. The Morgan fingerprint density at radius 1 is 0.364 bits per heavy atom. The van der Waals surface area contributed by atoms with Gasteiger partial charge in [0.1, 0.15) is 0 Å². The van der Waals surface area contributed by atoms with E-state index in [0.29, 0.717) is 0 Å². The van der Waals surface area contributed by atoms with Crippen molar-refractivity contribution >= 4 is 32.9 Å². The van der Waals surface area contributed by atoms with Crippen LogP contribution in [0.2, 0.25) is 0 Å². The highest BCUT2D eigenvalue weighted by atomic mass is 14.9. The van der Waals surface area contributed by atoms with Crippen molar-refractivity contribution in [1.82, 2.24) is 0 Å². The third-order valence-electron chi connectivity index (χ3n) is 6.24. The third kappa shape index (κ3) is 3.64.